The van der Waals surface area contributed by atoms with Gasteiger partial charge in [0.05, 0.1) is 29.7 Å². The normalized spacial score (nSPS) is 11.7. The third kappa shape index (κ3) is 8.25. The lowest BCUT2D eigenvalue weighted by atomic mass is 10.2. The quantitative estimate of drug-likeness (QED) is 0.180. The summed E-state index contributed by atoms with van der Waals surface area (Å²) in [6.07, 6.45) is -7.86. The van der Waals surface area contributed by atoms with Gasteiger partial charge in [-0.25, -0.2) is 4.98 Å². The van der Waals surface area contributed by atoms with Crippen LogP contribution >= 0.6 is 0 Å². The Morgan fingerprint density at radius 3 is 2.19 bits per heavy atom. The Morgan fingerprint density at radius 2 is 1.64 bits per heavy atom. The molecule has 0 saturated carbocycles. The Bertz CT molecular complexity index is 1410. The number of benzene rings is 2. The number of ether oxygens (including phenoxy) is 1. The molecule has 3 N–H and O–H groups in total. The van der Waals surface area contributed by atoms with Gasteiger partial charge in [-0.2, -0.15) is 31.3 Å². The van der Waals surface area contributed by atoms with E-state index in [-0.39, 0.29) is 23.1 Å². The van der Waals surface area contributed by atoms with E-state index in [1.165, 1.54) is 13.2 Å². The van der Waals surface area contributed by atoms with Crippen molar-refractivity contribution in [1.29, 1.82) is 0 Å². The van der Waals surface area contributed by atoms with Gasteiger partial charge in [0.15, 0.2) is 0 Å². The fourth-order valence-corrected chi connectivity index (χ4v) is 3.65. The molecule has 9 nitrogen and oxygen atoms in total. The van der Waals surface area contributed by atoms with Gasteiger partial charge in [0.1, 0.15) is 17.1 Å². The molecule has 0 spiro atoms. The highest BCUT2D eigenvalue weighted by Gasteiger charge is 2.36. The zero-order valence-electron chi connectivity index (χ0n) is 23.1. The summed E-state index contributed by atoms with van der Waals surface area (Å²) in [6, 6.07) is 6.57. The Balaban J connectivity index is 2.02. The van der Waals surface area contributed by atoms with Crippen molar-refractivity contribution < 1.29 is 35.9 Å². The lowest BCUT2D eigenvalue weighted by Crippen LogP contribution is -2.29. The van der Waals surface area contributed by atoms with Crippen LogP contribution in [0, 0.1) is 0 Å². The van der Waals surface area contributed by atoms with Crippen molar-refractivity contribution in [3.8, 4) is 5.75 Å². The molecule has 226 valence electrons. The van der Waals surface area contributed by atoms with Crippen LogP contribution in [0.2, 0.25) is 0 Å². The van der Waals surface area contributed by atoms with E-state index in [0.717, 1.165) is 30.3 Å². The summed E-state index contributed by atoms with van der Waals surface area (Å²) >= 11 is 0. The van der Waals surface area contributed by atoms with Crippen LogP contribution in [0.4, 0.5) is 60.9 Å². The first-order valence-corrected chi connectivity index (χ1v) is 12.3. The maximum absolute atomic E-state index is 13.7. The Hall–Kier alpha value is -4.53. The molecule has 15 heteroatoms. The summed E-state index contributed by atoms with van der Waals surface area (Å²) in [5, 5.41) is 7.92. The molecular formula is C27H29F6N7O2. The first-order chi connectivity index (χ1) is 19.6. The number of carbonyl (C=O) groups excluding carboxylic acids is 1. The highest BCUT2D eigenvalue weighted by atomic mass is 19.4. The molecule has 0 bridgehead atoms. The number of hydrogen-bond donors (Lipinski definition) is 3. The summed E-state index contributed by atoms with van der Waals surface area (Å²) in [5.74, 6) is -1.22. The number of halogens is 6. The van der Waals surface area contributed by atoms with Gasteiger partial charge in [0.25, 0.3) is 0 Å². The van der Waals surface area contributed by atoms with Gasteiger partial charge in [-0.1, -0.05) is 6.58 Å². The molecule has 42 heavy (non-hydrogen) atoms. The van der Waals surface area contributed by atoms with Crippen molar-refractivity contribution in [3.63, 3.8) is 0 Å². The van der Waals surface area contributed by atoms with Gasteiger partial charge in [0, 0.05) is 38.1 Å². The highest BCUT2D eigenvalue weighted by Crippen LogP contribution is 2.39. The highest BCUT2D eigenvalue weighted by molar-refractivity contribution is 6.02. The van der Waals surface area contributed by atoms with Crippen molar-refractivity contribution >= 4 is 40.4 Å². The van der Waals surface area contributed by atoms with Crippen molar-refractivity contribution in [1.82, 2.24) is 14.9 Å². The fraction of sp³-hybridized carbons (Fsp3) is 0.296. The van der Waals surface area contributed by atoms with Crippen molar-refractivity contribution in [2.45, 2.75) is 12.4 Å². The number of amides is 1. The molecule has 1 amide bonds. The van der Waals surface area contributed by atoms with Gasteiger partial charge in [-0.3, -0.25) is 4.79 Å². The third-order valence-corrected chi connectivity index (χ3v) is 5.87. The second-order valence-corrected chi connectivity index (χ2v) is 9.27. The smallest absolute Gasteiger partial charge is 0.421 e. The van der Waals surface area contributed by atoms with E-state index < -0.39 is 35.2 Å². The van der Waals surface area contributed by atoms with Crippen LogP contribution in [-0.4, -0.2) is 62.1 Å². The summed E-state index contributed by atoms with van der Waals surface area (Å²) < 4.78 is 85.4. The molecule has 0 aliphatic heterocycles. The molecular weight excluding hydrogens is 568 g/mol. The number of nitrogens with zero attached hydrogens (tertiary/aromatic N) is 4. The molecule has 0 radical (unpaired) electrons. The lowest BCUT2D eigenvalue weighted by molar-refractivity contribution is -0.138. The molecule has 1 heterocycles. The monoisotopic (exact) mass is 597 g/mol. The van der Waals surface area contributed by atoms with Crippen LogP contribution in [0.5, 0.6) is 5.75 Å². The fourth-order valence-electron chi connectivity index (χ4n) is 3.65. The number of rotatable bonds is 11. The molecule has 2 aromatic carbocycles. The maximum Gasteiger partial charge on any atom is 0.421 e. The second-order valence-electron chi connectivity index (χ2n) is 9.27. The maximum atomic E-state index is 13.7. The van der Waals surface area contributed by atoms with E-state index in [2.05, 4.69) is 32.5 Å². The van der Waals surface area contributed by atoms with Crippen molar-refractivity contribution in [2.24, 2.45) is 0 Å². The molecule has 0 aliphatic rings. The van der Waals surface area contributed by atoms with E-state index in [0.29, 0.717) is 30.7 Å². The first kappa shape index (κ1) is 32.0. The van der Waals surface area contributed by atoms with E-state index >= 15 is 0 Å². The standard InChI is InChI=1S/C27H29F6N7O2/c1-6-23(41)36-19-13-20(22(42-5)14-21(19)40(4)12-11-39(2)3)37-25-34-15-18(27(31,32)33)24(38-25)35-17-9-7-16(8-10-17)26(28,29)30/h6-10,13-15H,1,11-12H2,2-5H3,(H,36,41)(H2,34,35,37,38). The number of carbonyl (C=O) groups is 1. The zero-order valence-corrected chi connectivity index (χ0v) is 23.1. The summed E-state index contributed by atoms with van der Waals surface area (Å²) in [7, 11) is 7.02. The number of alkyl halides is 6. The van der Waals surface area contributed by atoms with Gasteiger partial charge in [-0.05, 0) is 50.5 Å². The van der Waals surface area contributed by atoms with Gasteiger partial charge in [-0.15, -0.1) is 0 Å². The van der Waals surface area contributed by atoms with Crippen LogP contribution in [-0.2, 0) is 17.1 Å². The predicted octanol–water partition coefficient (Wildman–Crippen LogP) is 6.13. The molecule has 0 aliphatic carbocycles. The first-order valence-electron chi connectivity index (χ1n) is 12.3. The SMILES string of the molecule is C=CC(=O)Nc1cc(Nc2ncc(C(F)(F)F)c(Nc3ccc(C(F)(F)F)cc3)n2)c(OC)cc1N(C)CCN(C)C. The predicted molar refractivity (Wildman–Crippen MR) is 149 cm³/mol. The molecule has 0 unspecified atom stereocenters. The third-order valence-electron chi connectivity index (χ3n) is 5.87. The number of likely N-dealkylation sites (N-methyl/N-ethyl adjacent to an activating group) is 2. The molecule has 0 saturated heterocycles. The number of methoxy groups -OCH3 is 1. The average molecular weight is 598 g/mol. The van der Waals surface area contributed by atoms with E-state index in [1.807, 2.05) is 30.9 Å². The van der Waals surface area contributed by atoms with Crippen LogP contribution in [0.25, 0.3) is 0 Å². The van der Waals surface area contributed by atoms with E-state index in [1.54, 1.807) is 6.07 Å². The van der Waals surface area contributed by atoms with Gasteiger partial charge >= 0.3 is 12.4 Å². The number of aromatic nitrogens is 2. The summed E-state index contributed by atoms with van der Waals surface area (Å²) in [6.45, 7) is 4.74. The Morgan fingerprint density at radius 1 is 0.976 bits per heavy atom. The minimum Gasteiger partial charge on any atom is -0.494 e. The van der Waals surface area contributed by atoms with Crippen LogP contribution in [0.1, 0.15) is 11.1 Å². The van der Waals surface area contributed by atoms with Crippen LogP contribution in [0.15, 0.2) is 55.3 Å². The topological polar surface area (TPSA) is 94.6 Å². The minimum atomic E-state index is -4.87. The van der Waals surface area contributed by atoms with Crippen molar-refractivity contribution in [2.75, 3.05) is 62.2 Å². The van der Waals surface area contributed by atoms with Crippen molar-refractivity contribution in [3.05, 3.63) is 66.4 Å². The number of nitrogens with one attached hydrogen (secondary N) is 3. The number of hydrogen-bond acceptors (Lipinski definition) is 8. The Labute approximate surface area is 238 Å². The van der Waals surface area contributed by atoms with Gasteiger partial charge in [0.2, 0.25) is 11.9 Å². The van der Waals surface area contributed by atoms with Crippen LogP contribution < -0.4 is 25.6 Å². The second kappa shape index (κ2) is 13.0. The zero-order chi connectivity index (χ0) is 31.2. The summed E-state index contributed by atoms with van der Waals surface area (Å²) in [4.78, 5) is 23.7. The summed E-state index contributed by atoms with van der Waals surface area (Å²) in [5.41, 5.74) is -1.11. The van der Waals surface area contributed by atoms with Crippen LogP contribution in [0.3, 0.4) is 0 Å². The number of anilines is 6. The minimum absolute atomic E-state index is 0.0599. The molecule has 0 atom stereocenters. The lowest BCUT2D eigenvalue weighted by Gasteiger charge is -2.26. The molecule has 3 aromatic rings. The Kier molecular flexibility index (Phi) is 9.88. The molecule has 1 aromatic heterocycles. The molecule has 3 rings (SSSR count). The largest absolute Gasteiger partial charge is 0.494 e. The average Bonchev–Trinajstić information content (AvgIpc) is 2.91. The van der Waals surface area contributed by atoms with E-state index in [9.17, 15) is 31.1 Å². The molecule has 0 fully saturated rings. The van der Waals surface area contributed by atoms with Gasteiger partial charge < -0.3 is 30.5 Å². The van der Waals surface area contributed by atoms with E-state index in [4.69, 9.17) is 4.74 Å².